The molecule has 6 rings (SSSR count). The Morgan fingerprint density at radius 2 is 0.129 bits per heavy atom. The van der Waals surface area contributed by atoms with E-state index in [9.17, 15) is 43.9 Å². The van der Waals surface area contributed by atoms with Gasteiger partial charge in [0.25, 0.3) is 0 Å². The minimum atomic E-state index is -3.46. The summed E-state index contributed by atoms with van der Waals surface area (Å²) in [5.41, 5.74) is -29.4. The average molecular weight is 926 g/mol. The van der Waals surface area contributed by atoms with Gasteiger partial charge in [0.15, 0.2) is 140 Å². The summed E-state index contributed by atoms with van der Waals surface area (Å²) in [6.45, 7) is 0. The van der Waals surface area contributed by atoms with Crippen LogP contribution in [0.3, 0.4) is 0 Å². The van der Waals surface area contributed by atoms with Crippen LogP contribution in [0.25, 0.3) is 55.6 Å². The number of hydrogen-bond acceptors (Lipinski definition) is 0. The van der Waals surface area contributed by atoms with Crippen molar-refractivity contribution in [3.05, 3.63) is 151 Å². The Morgan fingerprint density at radius 3 is 0.210 bits per heavy atom. The molecule has 0 bridgehead atoms. The van der Waals surface area contributed by atoms with E-state index in [0.29, 0.717) is 0 Å². The SMILES string of the molecule is Fc1c(F)c(F)c(-c2c(F)c(F)c(-c3c(F)c(F)c(-c4c(F)c(F)c(-c5c(F)c(F)c(-c6c(F)c(F)c(F)c(F)c6F)c(F)c5F)c(F)c4F)c(F)c3F)c(F)c2F)c(F)c1F. The quantitative estimate of drug-likeness (QED) is 0.0918. The Labute approximate surface area is 321 Å². The van der Waals surface area contributed by atoms with E-state index < -0.39 is 207 Å². The smallest absolute Gasteiger partial charge is 0.200 e. The third kappa shape index (κ3) is 5.94. The van der Waals surface area contributed by atoms with Crippen LogP contribution < -0.4 is 0 Å². The van der Waals surface area contributed by atoms with Crippen molar-refractivity contribution in [2.45, 2.75) is 0 Å². The standard InChI is InChI=1S/C36F26/c37-11-1(12(38)16(42)3(15(11)41)5-19(45)23(49)7(24(50)20(5)46)9-27(53)31(57)35(61)32(58)28(9)54)2-13(39)17(43)4(18(44)14(2)40)6-21(47)25(51)8(26(52)22(6)48)10-29(55)33(59)36(62)34(60)30(10)56. The molecule has 0 nitrogen and oxygen atoms in total. The zero-order valence-electron chi connectivity index (χ0n) is 27.8. The Hall–Kier alpha value is -6.50. The van der Waals surface area contributed by atoms with E-state index >= 15 is 70.2 Å². The third-order valence-electron chi connectivity index (χ3n) is 8.72. The molecule has 0 amide bonds. The van der Waals surface area contributed by atoms with Crippen molar-refractivity contribution in [1.82, 2.24) is 0 Å². The van der Waals surface area contributed by atoms with Gasteiger partial charge in [-0.3, -0.25) is 0 Å². The third-order valence-corrected chi connectivity index (χ3v) is 8.72. The fourth-order valence-corrected chi connectivity index (χ4v) is 5.93. The van der Waals surface area contributed by atoms with Crippen molar-refractivity contribution in [2.75, 3.05) is 0 Å². The molecule has 0 spiro atoms. The molecule has 6 aromatic rings. The fraction of sp³-hybridized carbons (Fsp3) is 0. The molecule has 0 aliphatic carbocycles. The first kappa shape index (κ1) is 45.0. The summed E-state index contributed by atoms with van der Waals surface area (Å²) >= 11 is 0. The zero-order chi connectivity index (χ0) is 46.8. The predicted octanol–water partition coefficient (Wildman–Crippen LogP) is 13.6. The second-order valence-corrected chi connectivity index (χ2v) is 11.9. The van der Waals surface area contributed by atoms with Gasteiger partial charge in [0.1, 0.15) is 0 Å². The van der Waals surface area contributed by atoms with E-state index in [4.69, 9.17) is 0 Å². The minimum Gasteiger partial charge on any atom is -0.203 e. The van der Waals surface area contributed by atoms with Gasteiger partial charge in [0.05, 0.1) is 55.6 Å². The second-order valence-electron chi connectivity index (χ2n) is 11.9. The molecule has 0 radical (unpaired) electrons. The first-order valence-corrected chi connectivity index (χ1v) is 15.2. The Bertz CT molecular complexity index is 2650. The van der Waals surface area contributed by atoms with Crippen LogP contribution in [0, 0.1) is 151 Å². The van der Waals surface area contributed by atoms with Crippen LogP contribution >= 0.6 is 0 Å². The molecule has 62 heavy (non-hydrogen) atoms. The molecule has 6 aromatic carbocycles. The van der Waals surface area contributed by atoms with E-state index in [0.717, 1.165) is 0 Å². The van der Waals surface area contributed by atoms with Crippen LogP contribution in [0.1, 0.15) is 0 Å². The summed E-state index contributed by atoms with van der Waals surface area (Å²) in [5.74, 6) is -85.0. The molecule has 0 fully saturated rings. The predicted molar refractivity (Wildman–Crippen MR) is 153 cm³/mol. The molecule has 0 aromatic heterocycles. The van der Waals surface area contributed by atoms with Gasteiger partial charge in [-0.05, 0) is 0 Å². The van der Waals surface area contributed by atoms with E-state index in [2.05, 4.69) is 0 Å². The lowest BCUT2D eigenvalue weighted by molar-refractivity contribution is 0.379. The Kier molecular flexibility index (Phi) is 11.0. The highest BCUT2D eigenvalue weighted by molar-refractivity contribution is 5.81. The molecule has 0 N–H and O–H groups in total. The van der Waals surface area contributed by atoms with Crippen molar-refractivity contribution in [1.29, 1.82) is 0 Å². The summed E-state index contributed by atoms with van der Waals surface area (Å²) in [6.07, 6.45) is 0. The normalized spacial score (nSPS) is 11.7. The molecule has 0 unspecified atom stereocenters. The lowest BCUT2D eigenvalue weighted by Crippen LogP contribution is -2.13. The number of rotatable bonds is 5. The van der Waals surface area contributed by atoms with Crippen LogP contribution in [0.2, 0.25) is 0 Å². The molecule has 326 valence electrons. The summed E-state index contributed by atoms with van der Waals surface area (Å²) < 4.78 is 382. The number of benzene rings is 6. The van der Waals surface area contributed by atoms with E-state index in [1.54, 1.807) is 0 Å². The Morgan fingerprint density at radius 1 is 0.0806 bits per heavy atom. The molecule has 0 atom stereocenters. The lowest BCUT2D eigenvalue weighted by atomic mass is 9.91. The summed E-state index contributed by atoms with van der Waals surface area (Å²) in [6, 6.07) is 0. The zero-order valence-corrected chi connectivity index (χ0v) is 27.8. The van der Waals surface area contributed by atoms with Crippen LogP contribution in [0.5, 0.6) is 0 Å². The lowest BCUT2D eigenvalue weighted by Gasteiger charge is -2.19. The highest BCUT2D eigenvalue weighted by Crippen LogP contribution is 2.48. The topological polar surface area (TPSA) is 0 Å². The maximum absolute atomic E-state index is 15.4. The van der Waals surface area contributed by atoms with Crippen LogP contribution in [-0.2, 0) is 0 Å². The fourth-order valence-electron chi connectivity index (χ4n) is 5.93. The van der Waals surface area contributed by atoms with E-state index in [-0.39, 0.29) is 0 Å². The first-order valence-electron chi connectivity index (χ1n) is 15.2. The largest absolute Gasteiger partial charge is 0.203 e. The number of hydrogen-bond donors (Lipinski definition) is 0. The molecule has 0 aliphatic rings. The Balaban J connectivity index is 1.60. The summed E-state index contributed by atoms with van der Waals surface area (Å²) in [4.78, 5) is 0. The molecule has 0 saturated heterocycles. The minimum absolute atomic E-state index is 2.77. The summed E-state index contributed by atoms with van der Waals surface area (Å²) in [7, 11) is 0. The van der Waals surface area contributed by atoms with Crippen LogP contribution in [0.4, 0.5) is 114 Å². The molecular weight excluding hydrogens is 926 g/mol. The summed E-state index contributed by atoms with van der Waals surface area (Å²) in [5, 5.41) is 0. The molecule has 0 heterocycles. The van der Waals surface area contributed by atoms with Gasteiger partial charge in [0, 0.05) is 0 Å². The van der Waals surface area contributed by atoms with Gasteiger partial charge in [-0.2, -0.15) is 0 Å². The van der Waals surface area contributed by atoms with Gasteiger partial charge in [0.2, 0.25) is 11.6 Å². The van der Waals surface area contributed by atoms with Gasteiger partial charge >= 0.3 is 0 Å². The number of halogens is 26. The van der Waals surface area contributed by atoms with E-state index in [1.807, 2.05) is 0 Å². The first-order chi connectivity index (χ1) is 28.7. The molecular formula is C36F26. The van der Waals surface area contributed by atoms with E-state index in [1.165, 1.54) is 0 Å². The van der Waals surface area contributed by atoms with Crippen molar-refractivity contribution in [2.24, 2.45) is 0 Å². The highest BCUT2D eigenvalue weighted by Gasteiger charge is 2.42. The van der Waals surface area contributed by atoms with Gasteiger partial charge in [-0.15, -0.1) is 0 Å². The van der Waals surface area contributed by atoms with Crippen molar-refractivity contribution >= 4 is 0 Å². The maximum Gasteiger partial charge on any atom is 0.200 e. The highest BCUT2D eigenvalue weighted by atomic mass is 19.2. The molecule has 0 saturated carbocycles. The van der Waals surface area contributed by atoms with Crippen molar-refractivity contribution < 1.29 is 114 Å². The maximum atomic E-state index is 15.4. The second kappa shape index (κ2) is 15.1. The van der Waals surface area contributed by atoms with Crippen LogP contribution in [0.15, 0.2) is 0 Å². The monoisotopic (exact) mass is 926 g/mol. The van der Waals surface area contributed by atoms with Gasteiger partial charge < -0.3 is 0 Å². The van der Waals surface area contributed by atoms with Crippen molar-refractivity contribution in [3.63, 3.8) is 0 Å². The molecule has 0 aliphatic heterocycles. The van der Waals surface area contributed by atoms with Crippen molar-refractivity contribution in [3.8, 4) is 55.6 Å². The van der Waals surface area contributed by atoms with Gasteiger partial charge in [-0.1, -0.05) is 0 Å². The van der Waals surface area contributed by atoms with Gasteiger partial charge in [-0.25, -0.2) is 114 Å². The average Bonchev–Trinajstić information content (AvgIpc) is 3.23. The van der Waals surface area contributed by atoms with Crippen LogP contribution in [-0.4, -0.2) is 0 Å². The molecule has 26 heteroatoms.